The molecule has 0 spiro atoms. The molecule has 1 atom stereocenters. The summed E-state index contributed by atoms with van der Waals surface area (Å²) in [6, 6.07) is -0.244. The van der Waals surface area contributed by atoms with E-state index in [2.05, 4.69) is 21.0 Å². The van der Waals surface area contributed by atoms with Gasteiger partial charge in [0.2, 0.25) is 5.91 Å². The maximum Gasteiger partial charge on any atom is 0.344 e. The zero-order chi connectivity index (χ0) is 19.6. The van der Waals surface area contributed by atoms with E-state index < -0.39 is 23.4 Å². The molecule has 3 fully saturated rings. The first kappa shape index (κ1) is 19.6. The van der Waals surface area contributed by atoms with Crippen molar-refractivity contribution in [3.8, 4) is 0 Å². The molecule has 0 aromatic heterocycles. The molecule has 3 N–H and O–H groups in total. The van der Waals surface area contributed by atoms with E-state index in [9.17, 15) is 19.2 Å². The van der Waals surface area contributed by atoms with Crippen molar-refractivity contribution in [2.75, 3.05) is 39.3 Å². The molecule has 0 radical (unpaired) electrons. The summed E-state index contributed by atoms with van der Waals surface area (Å²) >= 11 is 0. The van der Waals surface area contributed by atoms with E-state index in [1.165, 1.54) is 0 Å². The van der Waals surface area contributed by atoms with E-state index in [1.807, 2.05) is 4.90 Å². The van der Waals surface area contributed by atoms with Crippen LogP contribution >= 0.6 is 0 Å². The first-order chi connectivity index (χ1) is 12.8. The van der Waals surface area contributed by atoms with Crippen molar-refractivity contribution < 1.29 is 19.2 Å². The second-order valence-electron chi connectivity index (χ2n) is 7.69. The predicted molar refractivity (Wildman–Crippen MR) is 96.3 cm³/mol. The lowest BCUT2D eigenvalue weighted by molar-refractivity contribution is -0.139. The van der Waals surface area contributed by atoms with Crippen molar-refractivity contribution in [2.45, 2.75) is 44.7 Å². The molecule has 0 aromatic rings. The van der Waals surface area contributed by atoms with Crippen molar-refractivity contribution in [1.29, 1.82) is 0 Å². The molecule has 2 aliphatic heterocycles. The Balaban J connectivity index is 1.40. The standard InChI is InChI=1S/C17H28N6O4/c1-3-17(2)15(26)23(16(27)19-17)20-14(25)11-22-8-6-21(7-9-22)10-13(24)18-12-4-5-12/h12H,3-11H2,1-2H3,(H,18,24)(H,19,27)(H,20,25). The fourth-order valence-corrected chi connectivity index (χ4v) is 3.20. The Labute approximate surface area is 158 Å². The number of piperazine rings is 1. The number of imide groups is 1. The van der Waals surface area contributed by atoms with Crippen LogP contribution < -0.4 is 16.1 Å². The Morgan fingerprint density at radius 1 is 1.07 bits per heavy atom. The minimum Gasteiger partial charge on any atom is -0.352 e. The largest absolute Gasteiger partial charge is 0.352 e. The maximum absolute atomic E-state index is 12.3. The first-order valence-corrected chi connectivity index (χ1v) is 9.51. The van der Waals surface area contributed by atoms with Crippen LogP contribution in [-0.2, 0) is 14.4 Å². The van der Waals surface area contributed by atoms with Crippen LogP contribution in [0.2, 0.25) is 0 Å². The number of nitrogens with one attached hydrogen (secondary N) is 3. The topological polar surface area (TPSA) is 114 Å². The fourth-order valence-electron chi connectivity index (χ4n) is 3.20. The third-order valence-electron chi connectivity index (χ3n) is 5.35. The number of amides is 5. The van der Waals surface area contributed by atoms with Crippen molar-refractivity contribution in [3.05, 3.63) is 0 Å². The van der Waals surface area contributed by atoms with Crippen molar-refractivity contribution in [2.24, 2.45) is 0 Å². The molecule has 2 saturated heterocycles. The molecule has 0 bridgehead atoms. The van der Waals surface area contributed by atoms with E-state index >= 15 is 0 Å². The summed E-state index contributed by atoms with van der Waals surface area (Å²) in [5.74, 6) is -0.796. The smallest absolute Gasteiger partial charge is 0.344 e. The van der Waals surface area contributed by atoms with Gasteiger partial charge in [0.1, 0.15) is 5.54 Å². The zero-order valence-electron chi connectivity index (χ0n) is 15.9. The van der Waals surface area contributed by atoms with Gasteiger partial charge in [0, 0.05) is 32.2 Å². The van der Waals surface area contributed by atoms with Crippen LogP contribution in [0.5, 0.6) is 0 Å². The number of hydrazine groups is 1. The molecule has 3 rings (SSSR count). The maximum atomic E-state index is 12.3. The molecular weight excluding hydrogens is 352 g/mol. The van der Waals surface area contributed by atoms with Gasteiger partial charge in [-0.3, -0.25) is 29.6 Å². The van der Waals surface area contributed by atoms with E-state index in [4.69, 9.17) is 0 Å². The molecule has 1 aliphatic carbocycles. The predicted octanol–water partition coefficient (Wildman–Crippen LogP) is -1.37. The van der Waals surface area contributed by atoms with Gasteiger partial charge in [-0.2, -0.15) is 5.01 Å². The minimum absolute atomic E-state index is 0.0567. The third kappa shape index (κ3) is 4.75. The lowest BCUT2D eigenvalue weighted by atomic mass is 10.00. The van der Waals surface area contributed by atoms with E-state index in [0.29, 0.717) is 45.2 Å². The van der Waals surface area contributed by atoms with Gasteiger partial charge in [0.15, 0.2) is 0 Å². The summed E-state index contributed by atoms with van der Waals surface area (Å²) < 4.78 is 0. The normalized spacial score (nSPS) is 26.8. The molecule has 1 unspecified atom stereocenters. The summed E-state index contributed by atoms with van der Waals surface area (Å²) in [6.45, 7) is 6.61. The van der Waals surface area contributed by atoms with Crippen LogP contribution in [0.3, 0.4) is 0 Å². The first-order valence-electron chi connectivity index (χ1n) is 9.51. The summed E-state index contributed by atoms with van der Waals surface area (Å²) in [6.07, 6.45) is 2.59. The van der Waals surface area contributed by atoms with Crippen LogP contribution in [-0.4, -0.2) is 89.4 Å². The van der Waals surface area contributed by atoms with Gasteiger partial charge < -0.3 is 10.6 Å². The van der Waals surface area contributed by atoms with Gasteiger partial charge >= 0.3 is 6.03 Å². The number of hydrogen-bond donors (Lipinski definition) is 3. The fraction of sp³-hybridized carbons (Fsp3) is 0.765. The van der Waals surface area contributed by atoms with Crippen LogP contribution in [0.4, 0.5) is 4.79 Å². The Kier molecular flexibility index (Phi) is 5.66. The molecule has 3 aliphatic rings. The molecule has 0 aromatic carbocycles. The second kappa shape index (κ2) is 7.81. The number of carbonyl (C=O) groups excluding carboxylic acids is 4. The zero-order valence-corrected chi connectivity index (χ0v) is 15.9. The number of urea groups is 1. The number of carbonyl (C=O) groups is 4. The Hall–Kier alpha value is -2.20. The molecule has 10 nitrogen and oxygen atoms in total. The minimum atomic E-state index is -0.975. The van der Waals surface area contributed by atoms with Gasteiger partial charge in [-0.1, -0.05) is 6.92 Å². The van der Waals surface area contributed by atoms with Gasteiger partial charge in [0.25, 0.3) is 11.8 Å². The van der Waals surface area contributed by atoms with Crippen molar-refractivity contribution in [3.63, 3.8) is 0 Å². The van der Waals surface area contributed by atoms with Crippen LogP contribution in [0.15, 0.2) is 0 Å². The summed E-state index contributed by atoms with van der Waals surface area (Å²) in [7, 11) is 0. The van der Waals surface area contributed by atoms with Gasteiger partial charge in [-0.15, -0.1) is 0 Å². The second-order valence-corrected chi connectivity index (χ2v) is 7.69. The van der Waals surface area contributed by atoms with E-state index in [-0.39, 0.29) is 12.5 Å². The summed E-state index contributed by atoms with van der Waals surface area (Å²) in [5, 5.41) is 6.33. The van der Waals surface area contributed by atoms with Crippen molar-refractivity contribution in [1.82, 2.24) is 30.9 Å². The number of rotatable bonds is 7. The molecule has 10 heteroatoms. The molecular formula is C17H28N6O4. The Morgan fingerprint density at radius 3 is 2.11 bits per heavy atom. The number of nitrogens with zero attached hydrogens (tertiary/aromatic N) is 3. The third-order valence-corrected chi connectivity index (χ3v) is 5.35. The lowest BCUT2D eigenvalue weighted by Gasteiger charge is -2.34. The lowest BCUT2D eigenvalue weighted by Crippen LogP contribution is -2.54. The van der Waals surface area contributed by atoms with E-state index in [1.54, 1.807) is 13.8 Å². The van der Waals surface area contributed by atoms with Crippen LogP contribution in [0.1, 0.15) is 33.1 Å². The monoisotopic (exact) mass is 380 g/mol. The molecule has 150 valence electrons. The molecule has 2 heterocycles. The highest BCUT2D eigenvalue weighted by Gasteiger charge is 2.47. The highest BCUT2D eigenvalue weighted by atomic mass is 16.2. The average molecular weight is 380 g/mol. The highest BCUT2D eigenvalue weighted by Crippen LogP contribution is 2.19. The number of hydrogen-bond acceptors (Lipinski definition) is 6. The van der Waals surface area contributed by atoms with Crippen LogP contribution in [0, 0.1) is 0 Å². The average Bonchev–Trinajstić information content (AvgIpc) is 3.40. The van der Waals surface area contributed by atoms with Crippen LogP contribution in [0.25, 0.3) is 0 Å². The molecule has 1 saturated carbocycles. The van der Waals surface area contributed by atoms with Crippen molar-refractivity contribution >= 4 is 23.8 Å². The summed E-state index contributed by atoms with van der Waals surface area (Å²) in [5.41, 5.74) is 1.43. The Morgan fingerprint density at radius 2 is 1.63 bits per heavy atom. The Bertz CT molecular complexity index is 629. The van der Waals surface area contributed by atoms with E-state index in [0.717, 1.165) is 17.9 Å². The van der Waals surface area contributed by atoms with Gasteiger partial charge in [-0.05, 0) is 26.2 Å². The van der Waals surface area contributed by atoms with Gasteiger partial charge in [-0.25, -0.2) is 4.79 Å². The summed E-state index contributed by atoms with van der Waals surface area (Å²) in [4.78, 5) is 52.3. The SMILES string of the molecule is CCC1(C)NC(=O)N(NC(=O)CN2CCN(CC(=O)NC3CC3)CC2)C1=O. The van der Waals surface area contributed by atoms with Gasteiger partial charge in [0.05, 0.1) is 13.1 Å². The quantitative estimate of drug-likeness (QED) is 0.470. The molecule has 27 heavy (non-hydrogen) atoms. The molecule has 5 amide bonds. The highest BCUT2D eigenvalue weighted by molar-refractivity contribution is 6.07.